The van der Waals surface area contributed by atoms with Crippen LogP contribution in [-0.2, 0) is 11.3 Å². The van der Waals surface area contributed by atoms with Gasteiger partial charge in [0.25, 0.3) is 0 Å². The van der Waals surface area contributed by atoms with Crippen LogP contribution in [0.1, 0.15) is 45.7 Å². The number of pyridine rings is 1. The van der Waals surface area contributed by atoms with Crippen molar-refractivity contribution in [2.45, 2.75) is 52.7 Å². The zero-order valence-electron chi connectivity index (χ0n) is 11.7. The molecule has 2 rings (SSSR count). The molecule has 4 heteroatoms. The van der Waals surface area contributed by atoms with Crippen LogP contribution >= 0.6 is 23.2 Å². The first-order valence-electron chi connectivity index (χ1n) is 6.78. The highest BCUT2D eigenvalue weighted by Crippen LogP contribution is 2.40. The molecule has 0 amide bonds. The Morgan fingerprint density at radius 2 is 2.05 bits per heavy atom. The van der Waals surface area contributed by atoms with E-state index in [4.69, 9.17) is 27.9 Å². The monoisotopic (exact) mass is 301 g/mol. The van der Waals surface area contributed by atoms with E-state index in [2.05, 4.69) is 25.8 Å². The van der Waals surface area contributed by atoms with Gasteiger partial charge < -0.3 is 4.74 Å². The fourth-order valence-electron chi connectivity index (χ4n) is 3.14. The molecule has 0 spiro atoms. The molecule has 0 aromatic carbocycles. The van der Waals surface area contributed by atoms with Crippen molar-refractivity contribution in [2.24, 2.45) is 11.3 Å². The van der Waals surface area contributed by atoms with Gasteiger partial charge in [0, 0.05) is 0 Å². The third-order valence-corrected chi connectivity index (χ3v) is 4.24. The molecule has 1 aromatic heterocycles. The van der Waals surface area contributed by atoms with E-state index in [1.807, 2.05) is 0 Å². The number of hydrogen-bond donors (Lipinski definition) is 0. The number of hydrogen-bond acceptors (Lipinski definition) is 2. The molecule has 1 heterocycles. The Hall–Kier alpha value is -0.310. The summed E-state index contributed by atoms with van der Waals surface area (Å²) >= 11 is 12.0. The first-order chi connectivity index (χ1) is 8.85. The Bertz CT molecular complexity index is 448. The molecule has 0 bridgehead atoms. The summed E-state index contributed by atoms with van der Waals surface area (Å²) in [5.41, 5.74) is 1.08. The van der Waals surface area contributed by atoms with E-state index in [-0.39, 0.29) is 6.10 Å². The fourth-order valence-corrected chi connectivity index (χ4v) is 3.47. The molecule has 1 aliphatic carbocycles. The quantitative estimate of drug-likeness (QED) is 0.723. The maximum absolute atomic E-state index is 6.10. The maximum atomic E-state index is 6.10. The lowest BCUT2D eigenvalue weighted by molar-refractivity contribution is -0.0326. The van der Waals surface area contributed by atoms with E-state index in [0.717, 1.165) is 18.5 Å². The van der Waals surface area contributed by atoms with Crippen molar-refractivity contribution >= 4 is 23.2 Å². The third kappa shape index (κ3) is 4.34. The molecule has 0 aliphatic heterocycles. The molecule has 0 radical (unpaired) electrons. The van der Waals surface area contributed by atoms with Gasteiger partial charge in [-0.15, -0.1) is 0 Å². The molecule has 1 saturated carbocycles. The predicted octanol–water partition coefficient (Wildman–Crippen LogP) is 5.12. The first kappa shape index (κ1) is 15.1. The van der Waals surface area contributed by atoms with Gasteiger partial charge in [0.1, 0.15) is 5.15 Å². The average molecular weight is 302 g/mol. The lowest BCUT2D eigenvalue weighted by atomic mass is 9.71. The maximum Gasteiger partial charge on any atom is 0.129 e. The zero-order valence-corrected chi connectivity index (χ0v) is 13.3. The van der Waals surface area contributed by atoms with Crippen LogP contribution in [0.2, 0.25) is 10.2 Å². The lowest BCUT2D eigenvalue weighted by Gasteiger charge is -2.38. The van der Waals surface area contributed by atoms with Gasteiger partial charge in [0.15, 0.2) is 0 Å². The summed E-state index contributed by atoms with van der Waals surface area (Å²) in [5, 5.41) is 1.08. The Labute approximate surface area is 125 Å². The Balaban J connectivity index is 1.96. The van der Waals surface area contributed by atoms with Crippen LogP contribution in [0.15, 0.2) is 12.1 Å². The van der Waals surface area contributed by atoms with E-state index < -0.39 is 0 Å². The summed E-state index contributed by atoms with van der Waals surface area (Å²) in [7, 11) is 0. The summed E-state index contributed by atoms with van der Waals surface area (Å²) in [5.74, 6) is 0.705. The minimum Gasteiger partial charge on any atom is -0.372 e. The molecule has 2 unspecified atom stereocenters. The molecule has 1 aromatic rings. The second kappa shape index (κ2) is 5.99. The SMILES string of the molecule is CC1CC(OCc2nc(Cl)ccc2Cl)CC(C)(C)C1. The second-order valence-electron chi connectivity index (χ2n) is 6.41. The molecule has 1 fully saturated rings. The topological polar surface area (TPSA) is 22.1 Å². The van der Waals surface area contributed by atoms with E-state index in [9.17, 15) is 0 Å². The van der Waals surface area contributed by atoms with Crippen molar-refractivity contribution in [2.75, 3.05) is 0 Å². The normalized spacial score (nSPS) is 26.4. The van der Waals surface area contributed by atoms with Crippen LogP contribution in [-0.4, -0.2) is 11.1 Å². The summed E-state index contributed by atoms with van der Waals surface area (Å²) in [4.78, 5) is 4.22. The zero-order chi connectivity index (χ0) is 14.0. The molecule has 0 N–H and O–H groups in total. The standard InChI is InChI=1S/C15H21Cl2NO/c1-10-6-11(8-15(2,3)7-10)19-9-13-12(16)4-5-14(17)18-13/h4-5,10-11H,6-9H2,1-3H3. The van der Waals surface area contributed by atoms with Crippen LogP contribution in [0.5, 0.6) is 0 Å². The summed E-state index contributed by atoms with van der Waals surface area (Å²) in [6, 6.07) is 3.46. The summed E-state index contributed by atoms with van der Waals surface area (Å²) < 4.78 is 6.01. The van der Waals surface area contributed by atoms with Gasteiger partial charge in [-0.1, -0.05) is 44.0 Å². The van der Waals surface area contributed by atoms with Crippen molar-refractivity contribution in [3.05, 3.63) is 28.0 Å². The second-order valence-corrected chi connectivity index (χ2v) is 7.20. The third-order valence-electron chi connectivity index (χ3n) is 3.69. The van der Waals surface area contributed by atoms with E-state index in [1.54, 1.807) is 12.1 Å². The highest BCUT2D eigenvalue weighted by Gasteiger charge is 2.32. The smallest absolute Gasteiger partial charge is 0.129 e. The Morgan fingerprint density at radius 3 is 2.74 bits per heavy atom. The van der Waals surface area contributed by atoms with Gasteiger partial charge in [-0.2, -0.15) is 0 Å². The highest BCUT2D eigenvalue weighted by atomic mass is 35.5. The van der Waals surface area contributed by atoms with Crippen molar-refractivity contribution in [3.8, 4) is 0 Å². The van der Waals surface area contributed by atoms with Crippen molar-refractivity contribution in [1.82, 2.24) is 4.98 Å². The fraction of sp³-hybridized carbons (Fsp3) is 0.667. The highest BCUT2D eigenvalue weighted by molar-refractivity contribution is 6.32. The number of rotatable bonds is 3. The van der Waals surface area contributed by atoms with Gasteiger partial charge in [-0.25, -0.2) is 4.98 Å². The van der Waals surface area contributed by atoms with E-state index in [1.165, 1.54) is 6.42 Å². The predicted molar refractivity (Wildman–Crippen MR) is 79.6 cm³/mol. The minimum atomic E-state index is 0.288. The van der Waals surface area contributed by atoms with Crippen molar-refractivity contribution < 1.29 is 4.74 Å². The Morgan fingerprint density at radius 1 is 1.32 bits per heavy atom. The van der Waals surface area contributed by atoms with Gasteiger partial charge >= 0.3 is 0 Å². The minimum absolute atomic E-state index is 0.288. The van der Waals surface area contributed by atoms with E-state index >= 15 is 0 Å². The summed E-state index contributed by atoms with van der Waals surface area (Å²) in [6.07, 6.45) is 3.76. The summed E-state index contributed by atoms with van der Waals surface area (Å²) in [6.45, 7) is 7.35. The van der Waals surface area contributed by atoms with Crippen LogP contribution < -0.4 is 0 Å². The van der Waals surface area contributed by atoms with Crippen LogP contribution in [0.4, 0.5) is 0 Å². The van der Waals surface area contributed by atoms with Crippen molar-refractivity contribution in [1.29, 1.82) is 0 Å². The lowest BCUT2D eigenvalue weighted by Crippen LogP contribution is -2.32. The molecule has 0 saturated heterocycles. The number of halogens is 2. The molecule has 1 aliphatic rings. The molecule has 106 valence electrons. The van der Waals surface area contributed by atoms with Crippen LogP contribution in [0.3, 0.4) is 0 Å². The molecular weight excluding hydrogens is 281 g/mol. The van der Waals surface area contributed by atoms with E-state index in [0.29, 0.717) is 28.1 Å². The van der Waals surface area contributed by atoms with Gasteiger partial charge in [-0.3, -0.25) is 0 Å². The van der Waals surface area contributed by atoms with Gasteiger partial charge in [0.05, 0.1) is 23.4 Å². The van der Waals surface area contributed by atoms with Crippen molar-refractivity contribution in [3.63, 3.8) is 0 Å². The van der Waals surface area contributed by atoms with Gasteiger partial charge in [0.2, 0.25) is 0 Å². The molecule has 19 heavy (non-hydrogen) atoms. The van der Waals surface area contributed by atoms with Gasteiger partial charge in [-0.05, 0) is 42.7 Å². The number of ether oxygens (including phenoxy) is 1. The molecular formula is C15H21Cl2NO. The van der Waals surface area contributed by atoms with Crippen LogP contribution in [0, 0.1) is 11.3 Å². The average Bonchev–Trinajstić information content (AvgIpc) is 2.28. The van der Waals surface area contributed by atoms with Crippen LogP contribution in [0.25, 0.3) is 0 Å². The Kier molecular flexibility index (Phi) is 4.75. The number of aromatic nitrogens is 1. The largest absolute Gasteiger partial charge is 0.372 e. The molecule has 2 nitrogen and oxygen atoms in total. The number of nitrogens with zero attached hydrogens (tertiary/aromatic N) is 1. The molecule has 2 atom stereocenters. The first-order valence-corrected chi connectivity index (χ1v) is 7.54.